The summed E-state index contributed by atoms with van der Waals surface area (Å²) in [5.74, 6) is 0.747. The molecule has 0 spiro atoms. The van der Waals surface area contributed by atoms with E-state index in [4.69, 9.17) is 0 Å². The second kappa shape index (κ2) is 6.42. The average molecular weight is 286 g/mol. The van der Waals surface area contributed by atoms with Crippen LogP contribution in [0.4, 0.5) is 5.69 Å². The number of hydrogen-bond donors (Lipinski definition) is 1. The van der Waals surface area contributed by atoms with Crippen LogP contribution in [0.15, 0.2) is 47.2 Å². The van der Waals surface area contributed by atoms with Gasteiger partial charge in [-0.3, -0.25) is 0 Å². The van der Waals surface area contributed by atoms with Crippen molar-refractivity contribution in [3.05, 3.63) is 52.7 Å². The molecule has 3 rings (SSSR count). The Bertz CT molecular complexity index is 509. The van der Waals surface area contributed by atoms with Gasteiger partial charge < -0.3 is 10.2 Å². The van der Waals surface area contributed by atoms with E-state index in [1.807, 2.05) is 0 Å². The van der Waals surface area contributed by atoms with Gasteiger partial charge in [-0.1, -0.05) is 37.3 Å². The van der Waals surface area contributed by atoms with Crippen molar-refractivity contribution in [2.45, 2.75) is 25.9 Å². The van der Waals surface area contributed by atoms with Crippen LogP contribution in [0, 0.1) is 5.92 Å². The first-order valence-electron chi connectivity index (χ1n) is 7.35. The number of benzene rings is 1. The van der Waals surface area contributed by atoms with Crippen LogP contribution in [0.1, 0.15) is 18.9 Å². The number of piperidine rings is 1. The molecule has 20 heavy (non-hydrogen) atoms. The zero-order valence-corrected chi connectivity index (χ0v) is 12.8. The third-order valence-corrected chi connectivity index (χ3v) is 4.64. The second-order valence-electron chi connectivity index (χ2n) is 5.79. The summed E-state index contributed by atoms with van der Waals surface area (Å²) in [5, 5.41) is 8.15. The molecule has 3 heteroatoms. The van der Waals surface area contributed by atoms with E-state index >= 15 is 0 Å². The minimum absolute atomic E-state index is 0.582. The molecule has 2 unspecified atom stereocenters. The highest BCUT2D eigenvalue weighted by atomic mass is 32.1. The Hall–Kier alpha value is -1.32. The monoisotopic (exact) mass is 286 g/mol. The number of nitrogens with one attached hydrogen (secondary N) is 1. The highest BCUT2D eigenvalue weighted by molar-refractivity contribution is 7.08. The Morgan fingerprint density at radius 1 is 1.20 bits per heavy atom. The average Bonchev–Trinajstić information content (AvgIpc) is 3.00. The first-order chi connectivity index (χ1) is 9.81. The largest absolute Gasteiger partial charge is 0.369 e. The summed E-state index contributed by atoms with van der Waals surface area (Å²) in [7, 11) is 0. The fourth-order valence-electron chi connectivity index (χ4n) is 3.01. The van der Waals surface area contributed by atoms with Gasteiger partial charge in [0.2, 0.25) is 0 Å². The van der Waals surface area contributed by atoms with E-state index in [9.17, 15) is 0 Å². The van der Waals surface area contributed by atoms with Crippen molar-refractivity contribution in [1.82, 2.24) is 5.32 Å². The maximum Gasteiger partial charge on any atom is 0.0475 e. The number of anilines is 1. The summed E-state index contributed by atoms with van der Waals surface area (Å²) in [4.78, 5) is 2.52. The second-order valence-corrected chi connectivity index (χ2v) is 6.57. The van der Waals surface area contributed by atoms with Gasteiger partial charge in [-0.15, -0.1) is 0 Å². The van der Waals surface area contributed by atoms with Crippen molar-refractivity contribution in [2.24, 2.45) is 5.92 Å². The number of hydrogen-bond acceptors (Lipinski definition) is 3. The first kappa shape index (κ1) is 13.7. The van der Waals surface area contributed by atoms with Crippen LogP contribution in [0.3, 0.4) is 0 Å². The quantitative estimate of drug-likeness (QED) is 0.921. The van der Waals surface area contributed by atoms with Crippen LogP contribution >= 0.6 is 11.3 Å². The van der Waals surface area contributed by atoms with Gasteiger partial charge in [0.1, 0.15) is 0 Å². The molecule has 0 radical (unpaired) electrons. The van der Waals surface area contributed by atoms with Crippen molar-refractivity contribution < 1.29 is 0 Å². The molecule has 0 bridgehead atoms. The Balaban J connectivity index is 1.59. The SMILES string of the molecule is CC1CC(NCc2ccccc2)CN(c2ccsc2)C1. The molecule has 1 aliphatic rings. The highest BCUT2D eigenvalue weighted by Gasteiger charge is 2.24. The van der Waals surface area contributed by atoms with E-state index < -0.39 is 0 Å². The highest BCUT2D eigenvalue weighted by Crippen LogP contribution is 2.25. The van der Waals surface area contributed by atoms with Crippen LogP contribution in [0.5, 0.6) is 0 Å². The molecule has 106 valence electrons. The van der Waals surface area contributed by atoms with Crippen LogP contribution in [0.2, 0.25) is 0 Å². The molecule has 2 heterocycles. The first-order valence-corrected chi connectivity index (χ1v) is 8.30. The van der Waals surface area contributed by atoms with Crippen molar-refractivity contribution in [3.8, 4) is 0 Å². The van der Waals surface area contributed by atoms with Gasteiger partial charge in [-0.2, -0.15) is 11.3 Å². The summed E-state index contributed by atoms with van der Waals surface area (Å²) < 4.78 is 0. The number of thiophene rings is 1. The molecule has 2 atom stereocenters. The van der Waals surface area contributed by atoms with E-state index in [0.717, 1.165) is 19.0 Å². The van der Waals surface area contributed by atoms with E-state index in [1.54, 1.807) is 11.3 Å². The lowest BCUT2D eigenvalue weighted by Gasteiger charge is -2.38. The zero-order valence-electron chi connectivity index (χ0n) is 12.0. The van der Waals surface area contributed by atoms with E-state index in [1.165, 1.54) is 24.2 Å². The summed E-state index contributed by atoms with van der Waals surface area (Å²) in [6, 6.07) is 13.5. The molecular formula is C17H22N2S. The van der Waals surface area contributed by atoms with E-state index in [0.29, 0.717) is 6.04 Å². The van der Waals surface area contributed by atoms with Crippen LogP contribution in [0.25, 0.3) is 0 Å². The maximum absolute atomic E-state index is 3.72. The van der Waals surface area contributed by atoms with Gasteiger partial charge in [0.05, 0.1) is 0 Å². The molecule has 1 saturated heterocycles. The molecule has 1 aromatic carbocycles. The van der Waals surface area contributed by atoms with Gasteiger partial charge in [-0.05, 0) is 29.3 Å². The fourth-order valence-corrected chi connectivity index (χ4v) is 3.67. The molecule has 1 N–H and O–H groups in total. The Morgan fingerprint density at radius 2 is 2.05 bits per heavy atom. The molecule has 2 nitrogen and oxygen atoms in total. The lowest BCUT2D eigenvalue weighted by molar-refractivity contribution is 0.350. The summed E-state index contributed by atoms with van der Waals surface area (Å²) in [5.41, 5.74) is 2.75. The molecular weight excluding hydrogens is 264 g/mol. The Morgan fingerprint density at radius 3 is 2.80 bits per heavy atom. The van der Waals surface area contributed by atoms with E-state index in [2.05, 4.69) is 64.3 Å². The summed E-state index contributed by atoms with van der Waals surface area (Å²) >= 11 is 1.78. The van der Waals surface area contributed by atoms with Crippen LogP contribution < -0.4 is 10.2 Å². The van der Waals surface area contributed by atoms with Crippen LogP contribution in [-0.2, 0) is 6.54 Å². The molecule has 1 fully saturated rings. The van der Waals surface area contributed by atoms with Gasteiger partial charge in [0.15, 0.2) is 0 Å². The minimum Gasteiger partial charge on any atom is -0.369 e. The summed E-state index contributed by atoms with van der Waals surface area (Å²) in [6.45, 7) is 5.62. The topological polar surface area (TPSA) is 15.3 Å². The third kappa shape index (κ3) is 3.41. The fraction of sp³-hybridized carbons (Fsp3) is 0.412. The molecule has 0 aliphatic carbocycles. The zero-order chi connectivity index (χ0) is 13.8. The normalized spacial score (nSPS) is 22.9. The van der Waals surface area contributed by atoms with Crippen molar-refractivity contribution in [2.75, 3.05) is 18.0 Å². The summed E-state index contributed by atoms with van der Waals surface area (Å²) in [6.07, 6.45) is 1.27. The third-order valence-electron chi connectivity index (χ3n) is 3.97. The van der Waals surface area contributed by atoms with Crippen molar-refractivity contribution >= 4 is 17.0 Å². The number of rotatable bonds is 4. The van der Waals surface area contributed by atoms with Crippen molar-refractivity contribution in [3.63, 3.8) is 0 Å². The van der Waals surface area contributed by atoms with Crippen molar-refractivity contribution in [1.29, 1.82) is 0 Å². The predicted octanol–water partition coefficient (Wildman–Crippen LogP) is 3.75. The Labute approximate surface area is 125 Å². The lowest BCUT2D eigenvalue weighted by atomic mass is 9.95. The molecule has 1 aromatic heterocycles. The van der Waals surface area contributed by atoms with Gasteiger partial charge >= 0.3 is 0 Å². The molecule has 2 aromatic rings. The smallest absolute Gasteiger partial charge is 0.0475 e. The standard InChI is InChI=1S/C17H22N2S/c1-14-9-16(18-10-15-5-3-2-4-6-15)12-19(11-14)17-7-8-20-13-17/h2-8,13-14,16,18H,9-12H2,1H3. The van der Waals surface area contributed by atoms with Gasteiger partial charge in [0.25, 0.3) is 0 Å². The lowest BCUT2D eigenvalue weighted by Crippen LogP contribution is -2.48. The van der Waals surface area contributed by atoms with E-state index in [-0.39, 0.29) is 0 Å². The molecule has 0 saturated carbocycles. The predicted molar refractivity (Wildman–Crippen MR) is 87.4 cm³/mol. The van der Waals surface area contributed by atoms with Gasteiger partial charge in [0, 0.05) is 36.7 Å². The minimum atomic E-state index is 0.582. The van der Waals surface area contributed by atoms with Gasteiger partial charge in [-0.25, -0.2) is 0 Å². The Kier molecular flexibility index (Phi) is 4.38. The molecule has 1 aliphatic heterocycles. The number of nitrogens with zero attached hydrogens (tertiary/aromatic N) is 1. The maximum atomic E-state index is 3.72. The molecule has 0 amide bonds. The van der Waals surface area contributed by atoms with Crippen LogP contribution in [-0.4, -0.2) is 19.1 Å².